The third kappa shape index (κ3) is 3.88. The number of aryl methyl sites for hydroxylation is 1. The van der Waals surface area contributed by atoms with Gasteiger partial charge in [-0.3, -0.25) is 14.2 Å². The first kappa shape index (κ1) is 15.2. The predicted octanol–water partition coefficient (Wildman–Crippen LogP) is 1.76. The summed E-state index contributed by atoms with van der Waals surface area (Å²) in [4.78, 5) is 27.3. The minimum atomic E-state index is -0.571. The topological polar surface area (TPSA) is 90.0 Å². The molecule has 0 unspecified atom stereocenters. The van der Waals surface area contributed by atoms with E-state index in [4.69, 9.17) is 5.73 Å². The van der Waals surface area contributed by atoms with Gasteiger partial charge in [0.1, 0.15) is 10.3 Å². The van der Waals surface area contributed by atoms with Crippen LogP contribution in [0.2, 0.25) is 0 Å². The van der Waals surface area contributed by atoms with E-state index in [0.717, 1.165) is 0 Å². The van der Waals surface area contributed by atoms with Crippen molar-refractivity contribution in [2.24, 2.45) is 0 Å². The van der Waals surface area contributed by atoms with Crippen LogP contribution in [0.4, 0.5) is 15.8 Å². The van der Waals surface area contributed by atoms with Gasteiger partial charge in [0.25, 0.3) is 5.56 Å². The number of hydrogen-bond acceptors (Lipinski definition) is 4. The number of hydrogen-bond donors (Lipinski definition) is 2. The number of halogens is 2. The van der Waals surface area contributed by atoms with Gasteiger partial charge in [-0.2, -0.15) is 0 Å². The van der Waals surface area contributed by atoms with Crippen LogP contribution in [-0.2, 0) is 11.3 Å². The molecule has 0 bridgehead atoms. The predicted molar refractivity (Wildman–Crippen MR) is 80.3 cm³/mol. The molecule has 1 amide bonds. The van der Waals surface area contributed by atoms with Crippen LogP contribution in [0, 0.1) is 5.82 Å². The molecule has 0 saturated carbocycles. The van der Waals surface area contributed by atoms with Crippen molar-refractivity contribution in [3.05, 3.63) is 51.4 Å². The van der Waals surface area contributed by atoms with Crippen molar-refractivity contribution >= 4 is 33.2 Å². The van der Waals surface area contributed by atoms with Crippen molar-refractivity contribution in [1.29, 1.82) is 0 Å². The number of rotatable bonds is 4. The standard InChI is InChI=1S/C13H12BrFN4O2/c14-9-6-17-7-19(13(9)21)4-3-12(20)18-11-5-8(16)1-2-10(11)15/h1-2,5-7H,3-4,16H2,(H,18,20). The minimum Gasteiger partial charge on any atom is -0.399 e. The van der Waals surface area contributed by atoms with E-state index in [2.05, 4.69) is 26.2 Å². The number of nitrogens with one attached hydrogen (secondary N) is 1. The van der Waals surface area contributed by atoms with Crippen molar-refractivity contribution < 1.29 is 9.18 Å². The molecule has 2 aromatic rings. The highest BCUT2D eigenvalue weighted by molar-refractivity contribution is 9.10. The van der Waals surface area contributed by atoms with Gasteiger partial charge in [0.05, 0.1) is 12.0 Å². The number of carbonyl (C=O) groups is 1. The molecule has 6 nitrogen and oxygen atoms in total. The van der Waals surface area contributed by atoms with E-state index in [9.17, 15) is 14.0 Å². The van der Waals surface area contributed by atoms with Gasteiger partial charge >= 0.3 is 0 Å². The maximum atomic E-state index is 13.5. The largest absolute Gasteiger partial charge is 0.399 e. The van der Waals surface area contributed by atoms with Crippen LogP contribution in [0.25, 0.3) is 0 Å². The van der Waals surface area contributed by atoms with Crippen molar-refractivity contribution in [2.45, 2.75) is 13.0 Å². The first-order chi connectivity index (χ1) is 9.97. The van der Waals surface area contributed by atoms with Crippen LogP contribution in [0.5, 0.6) is 0 Å². The number of carbonyl (C=O) groups excluding carboxylic acids is 1. The van der Waals surface area contributed by atoms with Gasteiger partial charge in [0.2, 0.25) is 5.91 Å². The second kappa shape index (κ2) is 6.49. The zero-order valence-electron chi connectivity index (χ0n) is 10.8. The normalized spacial score (nSPS) is 10.4. The van der Waals surface area contributed by atoms with E-state index >= 15 is 0 Å². The Morgan fingerprint density at radius 1 is 1.48 bits per heavy atom. The fourth-order valence-electron chi connectivity index (χ4n) is 1.66. The summed E-state index contributed by atoms with van der Waals surface area (Å²) >= 11 is 3.06. The molecule has 0 aliphatic rings. The molecule has 0 aliphatic carbocycles. The van der Waals surface area contributed by atoms with E-state index in [1.54, 1.807) is 0 Å². The van der Waals surface area contributed by atoms with Crippen LogP contribution in [0.15, 0.2) is 40.0 Å². The first-order valence-electron chi connectivity index (χ1n) is 6.02. The summed E-state index contributed by atoms with van der Waals surface area (Å²) < 4.78 is 15.1. The quantitative estimate of drug-likeness (QED) is 0.818. The summed E-state index contributed by atoms with van der Waals surface area (Å²) in [5.41, 5.74) is 5.60. The van der Waals surface area contributed by atoms with Crippen molar-refractivity contribution in [1.82, 2.24) is 9.55 Å². The molecule has 3 N–H and O–H groups in total. The summed E-state index contributed by atoms with van der Waals surface area (Å²) in [5, 5.41) is 2.41. The Hall–Kier alpha value is -2.22. The average molecular weight is 355 g/mol. The lowest BCUT2D eigenvalue weighted by Gasteiger charge is -2.08. The summed E-state index contributed by atoms with van der Waals surface area (Å²) in [5.74, 6) is -0.995. The molecular weight excluding hydrogens is 343 g/mol. The first-order valence-corrected chi connectivity index (χ1v) is 6.81. The second-order valence-corrected chi connectivity index (χ2v) is 5.13. The molecule has 0 atom stereocenters. The average Bonchev–Trinajstić information content (AvgIpc) is 2.44. The maximum absolute atomic E-state index is 13.5. The number of nitrogens with two attached hydrogens (primary N) is 1. The van der Waals surface area contributed by atoms with Crippen molar-refractivity contribution in [2.75, 3.05) is 11.1 Å². The van der Waals surface area contributed by atoms with Gasteiger partial charge in [-0.05, 0) is 34.1 Å². The highest BCUT2D eigenvalue weighted by atomic mass is 79.9. The number of anilines is 2. The maximum Gasteiger partial charge on any atom is 0.267 e. The van der Waals surface area contributed by atoms with Gasteiger partial charge in [-0.1, -0.05) is 0 Å². The van der Waals surface area contributed by atoms with Gasteiger partial charge in [-0.25, -0.2) is 9.37 Å². The molecule has 1 aromatic carbocycles. The highest BCUT2D eigenvalue weighted by Crippen LogP contribution is 2.17. The smallest absolute Gasteiger partial charge is 0.267 e. The Morgan fingerprint density at radius 3 is 3.00 bits per heavy atom. The SMILES string of the molecule is Nc1ccc(F)c(NC(=O)CCn2cncc(Br)c2=O)c1. The molecule has 0 aliphatic heterocycles. The Balaban J connectivity index is 2.01. The zero-order chi connectivity index (χ0) is 15.4. The number of amides is 1. The summed E-state index contributed by atoms with van der Waals surface area (Å²) in [6.07, 6.45) is 2.72. The molecule has 21 heavy (non-hydrogen) atoms. The van der Waals surface area contributed by atoms with Gasteiger partial charge in [-0.15, -0.1) is 0 Å². The lowest BCUT2D eigenvalue weighted by Crippen LogP contribution is -2.24. The number of benzene rings is 1. The summed E-state index contributed by atoms with van der Waals surface area (Å²) in [6.45, 7) is 0.140. The minimum absolute atomic E-state index is 0.00623. The molecule has 0 spiro atoms. The van der Waals surface area contributed by atoms with E-state index in [1.165, 1.54) is 35.3 Å². The van der Waals surface area contributed by atoms with E-state index in [0.29, 0.717) is 10.2 Å². The molecule has 1 heterocycles. The number of nitrogens with zero attached hydrogens (tertiary/aromatic N) is 2. The number of aromatic nitrogens is 2. The fraction of sp³-hybridized carbons (Fsp3) is 0.154. The zero-order valence-corrected chi connectivity index (χ0v) is 12.4. The van der Waals surface area contributed by atoms with Crippen LogP contribution in [0.3, 0.4) is 0 Å². The van der Waals surface area contributed by atoms with Crippen LogP contribution in [0.1, 0.15) is 6.42 Å². The van der Waals surface area contributed by atoms with Crippen molar-refractivity contribution in [3.63, 3.8) is 0 Å². The third-order valence-electron chi connectivity index (χ3n) is 2.70. The molecule has 110 valence electrons. The Bertz CT molecular complexity index is 732. The molecule has 0 radical (unpaired) electrons. The van der Waals surface area contributed by atoms with Crippen LogP contribution in [-0.4, -0.2) is 15.5 Å². The summed E-state index contributed by atoms with van der Waals surface area (Å²) in [7, 11) is 0. The fourth-order valence-corrected chi connectivity index (χ4v) is 2.00. The van der Waals surface area contributed by atoms with E-state index in [-0.39, 0.29) is 24.2 Å². The molecule has 2 rings (SSSR count). The monoisotopic (exact) mass is 354 g/mol. The molecule has 0 fully saturated rings. The Kier molecular flexibility index (Phi) is 4.69. The lowest BCUT2D eigenvalue weighted by molar-refractivity contribution is -0.116. The van der Waals surface area contributed by atoms with Gasteiger partial charge < -0.3 is 11.1 Å². The molecule has 0 saturated heterocycles. The number of nitrogen functional groups attached to an aromatic ring is 1. The van der Waals surface area contributed by atoms with Crippen LogP contribution < -0.4 is 16.6 Å². The molecule has 8 heteroatoms. The molecule has 1 aromatic heterocycles. The molecular formula is C13H12BrFN4O2. The summed E-state index contributed by atoms with van der Waals surface area (Å²) in [6, 6.07) is 3.91. The Morgan fingerprint density at radius 2 is 2.24 bits per heavy atom. The van der Waals surface area contributed by atoms with E-state index in [1.807, 2.05) is 0 Å². The van der Waals surface area contributed by atoms with Gasteiger partial charge in [0, 0.05) is 24.8 Å². The Labute approximate surface area is 127 Å². The lowest BCUT2D eigenvalue weighted by atomic mass is 10.2. The van der Waals surface area contributed by atoms with E-state index < -0.39 is 11.7 Å². The van der Waals surface area contributed by atoms with Crippen molar-refractivity contribution in [3.8, 4) is 0 Å². The second-order valence-electron chi connectivity index (χ2n) is 4.28. The van der Waals surface area contributed by atoms with Crippen LogP contribution >= 0.6 is 15.9 Å². The highest BCUT2D eigenvalue weighted by Gasteiger charge is 2.09. The third-order valence-corrected chi connectivity index (χ3v) is 3.25. The van der Waals surface area contributed by atoms with Gasteiger partial charge in [0.15, 0.2) is 0 Å².